The lowest BCUT2D eigenvalue weighted by Crippen LogP contribution is -2.45. The molecule has 1 saturated heterocycles. The normalized spacial score (nSPS) is 37.9. The summed E-state index contributed by atoms with van der Waals surface area (Å²) >= 11 is 1.55. The number of fused-ring (bicyclic) bond motifs is 1. The lowest BCUT2D eigenvalue weighted by atomic mass is 9.73. The molecule has 194 valence electrons. The maximum Gasteiger partial charge on any atom is 0.309 e. The van der Waals surface area contributed by atoms with E-state index in [2.05, 4.69) is 4.98 Å². The minimum atomic E-state index is -1.25. The highest BCUT2D eigenvalue weighted by Crippen LogP contribution is 2.44. The van der Waals surface area contributed by atoms with Crippen LogP contribution in [0.4, 0.5) is 0 Å². The van der Waals surface area contributed by atoms with Crippen molar-refractivity contribution in [3.05, 3.63) is 33.8 Å². The first kappa shape index (κ1) is 27.7. The summed E-state index contributed by atoms with van der Waals surface area (Å²) in [5, 5.41) is 24.5. The van der Waals surface area contributed by atoms with Gasteiger partial charge in [-0.3, -0.25) is 9.59 Å². The number of aromatic nitrogens is 1. The van der Waals surface area contributed by atoms with Crippen LogP contribution in [-0.4, -0.2) is 57.0 Å². The average molecular weight is 506 g/mol. The third-order valence-electron chi connectivity index (χ3n) is 7.51. The first-order valence-electron chi connectivity index (χ1n) is 12.3. The molecule has 1 fully saturated rings. The number of ketones is 1. The largest absolute Gasteiger partial charge is 0.458 e. The Morgan fingerprint density at radius 3 is 2.54 bits per heavy atom. The molecule has 3 rings (SSSR count). The number of epoxide rings is 1. The van der Waals surface area contributed by atoms with Gasteiger partial charge in [-0.2, -0.15) is 0 Å². The second-order valence-electron chi connectivity index (χ2n) is 10.9. The highest BCUT2D eigenvalue weighted by Gasteiger charge is 2.52. The molecule has 0 spiro atoms. The van der Waals surface area contributed by atoms with Gasteiger partial charge < -0.3 is 19.7 Å². The molecule has 0 unspecified atom stereocenters. The molecule has 0 amide bonds. The molecular weight excluding hydrogens is 466 g/mol. The van der Waals surface area contributed by atoms with Crippen LogP contribution in [0.1, 0.15) is 71.5 Å². The van der Waals surface area contributed by atoms with Gasteiger partial charge in [0.05, 0.1) is 46.5 Å². The highest BCUT2D eigenvalue weighted by molar-refractivity contribution is 7.09. The Bertz CT molecular complexity index is 998. The number of aliphatic hydroxyl groups excluding tert-OH is 2. The molecule has 1 aromatic heterocycles. The van der Waals surface area contributed by atoms with Crippen LogP contribution < -0.4 is 0 Å². The second kappa shape index (κ2) is 10.6. The van der Waals surface area contributed by atoms with E-state index in [1.165, 1.54) is 0 Å². The van der Waals surface area contributed by atoms with Gasteiger partial charge in [0.2, 0.25) is 0 Å². The molecule has 0 aliphatic carbocycles. The van der Waals surface area contributed by atoms with Crippen molar-refractivity contribution in [2.75, 3.05) is 0 Å². The van der Waals surface area contributed by atoms with Gasteiger partial charge >= 0.3 is 5.97 Å². The summed E-state index contributed by atoms with van der Waals surface area (Å²) in [6, 6.07) is 0. The van der Waals surface area contributed by atoms with Crippen LogP contribution >= 0.6 is 11.3 Å². The van der Waals surface area contributed by atoms with Gasteiger partial charge in [-0.05, 0) is 38.8 Å². The van der Waals surface area contributed by atoms with Gasteiger partial charge in [0.1, 0.15) is 11.9 Å². The number of cyclic esters (lactones) is 1. The Morgan fingerprint density at radius 2 is 1.91 bits per heavy atom. The maximum absolute atomic E-state index is 13.2. The number of Topliss-reactive ketones (excluding diaryl/α,β-unsaturated/α-hetero) is 1. The molecular formula is C27H39NO6S. The summed E-state index contributed by atoms with van der Waals surface area (Å²) in [5.41, 5.74) is 0.0391. The quantitative estimate of drug-likeness (QED) is 0.351. The van der Waals surface area contributed by atoms with Crippen molar-refractivity contribution < 1.29 is 29.3 Å². The Kier molecular flexibility index (Phi) is 8.41. The van der Waals surface area contributed by atoms with Crippen LogP contribution in [0.5, 0.6) is 0 Å². The predicted molar refractivity (Wildman–Crippen MR) is 136 cm³/mol. The molecule has 3 heterocycles. The van der Waals surface area contributed by atoms with Crippen LogP contribution in [0.15, 0.2) is 23.1 Å². The van der Waals surface area contributed by atoms with E-state index in [0.29, 0.717) is 12.8 Å². The van der Waals surface area contributed by atoms with E-state index in [1.54, 1.807) is 32.1 Å². The minimum absolute atomic E-state index is 0.0968. The predicted octanol–water partition coefficient (Wildman–Crippen LogP) is 4.25. The van der Waals surface area contributed by atoms with Gasteiger partial charge in [0, 0.05) is 23.6 Å². The number of rotatable bonds is 2. The van der Waals surface area contributed by atoms with E-state index < -0.39 is 35.6 Å². The maximum atomic E-state index is 13.2. The average Bonchev–Trinajstić information content (AvgIpc) is 3.22. The smallest absolute Gasteiger partial charge is 0.309 e. The van der Waals surface area contributed by atoms with Crippen molar-refractivity contribution in [3.8, 4) is 0 Å². The van der Waals surface area contributed by atoms with Gasteiger partial charge in [-0.25, -0.2) is 4.98 Å². The number of carbonyl (C=O) groups excluding carboxylic acids is 2. The van der Waals surface area contributed by atoms with Crippen molar-refractivity contribution in [1.29, 1.82) is 0 Å². The third kappa shape index (κ3) is 6.47. The highest BCUT2D eigenvalue weighted by atomic mass is 32.1. The van der Waals surface area contributed by atoms with Gasteiger partial charge in [-0.1, -0.05) is 39.8 Å². The van der Waals surface area contributed by atoms with Crippen LogP contribution in [-0.2, 0) is 19.1 Å². The number of hydrogen-bond donors (Lipinski definition) is 2. The summed E-state index contributed by atoms with van der Waals surface area (Å²) in [6.07, 6.45) is 3.84. The fourth-order valence-corrected chi connectivity index (χ4v) is 5.24. The minimum Gasteiger partial charge on any atom is -0.458 e. The van der Waals surface area contributed by atoms with Crippen molar-refractivity contribution in [1.82, 2.24) is 4.98 Å². The molecule has 7 atom stereocenters. The number of thiazole rings is 1. The van der Waals surface area contributed by atoms with Gasteiger partial charge in [0.15, 0.2) is 0 Å². The number of carbonyl (C=O) groups is 2. The standard InChI is InChI=1S/C27H39NO6S/c1-15-9-8-10-27(7)22(34-27)12-20(16(2)11-19-14-35-18(4)28-19)33-23(30)13-21(29)26(5,6)25(32)17(3)24(15)31/h8-9,11,14-15,17,20-22,24,29,31H,10,12-13H2,1-7H3/b9-8+,16-11?/t15-,17+,20-,21-,22-,24-,27+/m0/s1. The number of aliphatic hydroxyl groups is 2. The Hall–Kier alpha value is -1.87. The van der Waals surface area contributed by atoms with Gasteiger partial charge in [0.25, 0.3) is 0 Å². The molecule has 1 aromatic rings. The summed E-state index contributed by atoms with van der Waals surface area (Å²) in [6.45, 7) is 12.6. The second-order valence-corrected chi connectivity index (χ2v) is 12.0. The fraction of sp³-hybridized carbons (Fsp3) is 0.667. The molecule has 8 heteroatoms. The molecule has 0 aromatic carbocycles. The first-order valence-corrected chi connectivity index (χ1v) is 13.2. The monoisotopic (exact) mass is 505 g/mol. The molecule has 0 bridgehead atoms. The number of hydrogen-bond acceptors (Lipinski definition) is 8. The van der Waals surface area contributed by atoms with Crippen molar-refractivity contribution in [3.63, 3.8) is 0 Å². The lowest BCUT2D eigenvalue weighted by Gasteiger charge is -2.34. The van der Waals surface area contributed by atoms with E-state index in [9.17, 15) is 19.8 Å². The van der Waals surface area contributed by atoms with Crippen molar-refractivity contribution in [2.24, 2.45) is 17.3 Å². The van der Waals surface area contributed by atoms with E-state index in [-0.39, 0.29) is 29.8 Å². The van der Waals surface area contributed by atoms with Crippen LogP contribution in [0.2, 0.25) is 0 Å². The SMILES string of the molecule is CC(=Cc1csc(C)n1)[C@@H]1C[C@@H]2O[C@]2(C)C/C=C/[C@H](C)[C@H](O)[C@@H](C)C(=O)C(C)(C)[C@@H](O)CC(=O)O1. The number of esters is 1. The molecule has 0 saturated carbocycles. The van der Waals surface area contributed by atoms with Crippen LogP contribution in [0.25, 0.3) is 6.08 Å². The lowest BCUT2D eigenvalue weighted by molar-refractivity contribution is -0.154. The van der Waals surface area contributed by atoms with Crippen LogP contribution in [0.3, 0.4) is 0 Å². The summed E-state index contributed by atoms with van der Waals surface area (Å²) in [7, 11) is 0. The number of nitrogens with zero attached hydrogens (tertiary/aromatic N) is 1. The fourth-order valence-electron chi connectivity index (χ4n) is 4.67. The Balaban J connectivity index is 1.89. The zero-order chi connectivity index (χ0) is 26.1. The van der Waals surface area contributed by atoms with E-state index >= 15 is 0 Å². The number of aryl methyl sites for hydroxylation is 1. The summed E-state index contributed by atoms with van der Waals surface area (Å²) in [4.78, 5) is 30.6. The number of ether oxygens (including phenoxy) is 2. The molecule has 0 radical (unpaired) electrons. The molecule has 7 nitrogen and oxygen atoms in total. The molecule has 2 aliphatic rings. The Labute approximate surface area is 212 Å². The zero-order valence-corrected chi connectivity index (χ0v) is 22.6. The van der Waals surface area contributed by atoms with Crippen LogP contribution in [0, 0.1) is 24.2 Å². The Morgan fingerprint density at radius 1 is 1.23 bits per heavy atom. The first-order chi connectivity index (χ1) is 16.2. The van der Waals surface area contributed by atoms with Crippen molar-refractivity contribution >= 4 is 29.2 Å². The molecule has 2 N–H and O–H groups in total. The topological polar surface area (TPSA) is 109 Å². The van der Waals surface area contributed by atoms with Crippen molar-refractivity contribution in [2.45, 2.75) is 97.7 Å². The van der Waals surface area contributed by atoms with E-state index in [0.717, 1.165) is 16.3 Å². The summed E-state index contributed by atoms with van der Waals surface area (Å²) in [5.74, 6) is -1.83. The van der Waals surface area contributed by atoms with Gasteiger partial charge in [-0.15, -0.1) is 11.3 Å². The van der Waals surface area contributed by atoms with E-state index in [1.807, 2.05) is 51.3 Å². The summed E-state index contributed by atoms with van der Waals surface area (Å²) < 4.78 is 11.9. The third-order valence-corrected chi connectivity index (χ3v) is 8.30. The zero-order valence-electron chi connectivity index (χ0n) is 21.8. The molecule has 2 aliphatic heterocycles. The van der Waals surface area contributed by atoms with E-state index in [4.69, 9.17) is 9.47 Å². The molecule has 35 heavy (non-hydrogen) atoms.